The van der Waals surface area contributed by atoms with Gasteiger partial charge in [-0.3, -0.25) is 0 Å². The highest BCUT2D eigenvalue weighted by Gasteiger charge is 2.29. The van der Waals surface area contributed by atoms with Crippen LogP contribution < -0.4 is 5.32 Å². The lowest BCUT2D eigenvalue weighted by Gasteiger charge is -2.37. The second-order valence-electron chi connectivity index (χ2n) is 4.42. The number of nitrogens with one attached hydrogen (secondary N) is 1. The summed E-state index contributed by atoms with van der Waals surface area (Å²) in [5, 5.41) is 3.65. The SMILES string of the molecule is CCCC1(C)NCCc2ccccc21. The van der Waals surface area contributed by atoms with Crippen molar-refractivity contribution in [3.63, 3.8) is 0 Å². The molecule has 76 valence electrons. The Morgan fingerprint density at radius 2 is 2.14 bits per heavy atom. The summed E-state index contributed by atoms with van der Waals surface area (Å²) in [6, 6.07) is 8.84. The van der Waals surface area contributed by atoms with Crippen molar-refractivity contribution in [1.82, 2.24) is 5.32 Å². The molecule has 0 fully saturated rings. The number of rotatable bonds is 2. The lowest BCUT2D eigenvalue weighted by molar-refractivity contribution is 0.320. The van der Waals surface area contributed by atoms with Gasteiger partial charge in [0.2, 0.25) is 0 Å². The maximum atomic E-state index is 3.65. The third-order valence-corrected chi connectivity index (χ3v) is 3.27. The molecule has 2 rings (SSSR count). The zero-order valence-electron chi connectivity index (χ0n) is 9.14. The summed E-state index contributed by atoms with van der Waals surface area (Å²) in [6.45, 7) is 5.70. The molecular formula is C13H19N. The van der Waals surface area contributed by atoms with Crippen molar-refractivity contribution in [1.29, 1.82) is 0 Å². The Balaban J connectivity index is 2.39. The van der Waals surface area contributed by atoms with Crippen molar-refractivity contribution >= 4 is 0 Å². The van der Waals surface area contributed by atoms with Crippen molar-refractivity contribution in [3.8, 4) is 0 Å². The number of hydrogen-bond donors (Lipinski definition) is 1. The van der Waals surface area contributed by atoms with Crippen molar-refractivity contribution in [2.45, 2.75) is 38.6 Å². The zero-order valence-corrected chi connectivity index (χ0v) is 9.14. The maximum absolute atomic E-state index is 3.65. The fraction of sp³-hybridized carbons (Fsp3) is 0.538. The first kappa shape index (κ1) is 9.72. The Labute approximate surface area is 86.5 Å². The van der Waals surface area contributed by atoms with Gasteiger partial charge in [-0.25, -0.2) is 0 Å². The van der Waals surface area contributed by atoms with Gasteiger partial charge < -0.3 is 5.32 Å². The van der Waals surface area contributed by atoms with Crippen LogP contribution in [-0.2, 0) is 12.0 Å². The van der Waals surface area contributed by atoms with E-state index in [1.807, 2.05) is 0 Å². The molecule has 0 aromatic heterocycles. The van der Waals surface area contributed by atoms with Gasteiger partial charge in [-0.05, 0) is 37.4 Å². The van der Waals surface area contributed by atoms with Crippen LogP contribution in [0.25, 0.3) is 0 Å². The standard InChI is InChI=1S/C13H19N/c1-3-9-13(2)12-7-5-4-6-11(12)8-10-14-13/h4-7,14H,3,8-10H2,1-2H3. The zero-order chi connectivity index (χ0) is 10.0. The molecule has 0 bridgehead atoms. The van der Waals surface area contributed by atoms with E-state index >= 15 is 0 Å². The minimum Gasteiger partial charge on any atom is -0.307 e. The average molecular weight is 189 g/mol. The normalized spacial score (nSPS) is 25.9. The summed E-state index contributed by atoms with van der Waals surface area (Å²) < 4.78 is 0. The predicted molar refractivity (Wildman–Crippen MR) is 60.4 cm³/mol. The maximum Gasteiger partial charge on any atom is 0.0408 e. The molecule has 0 radical (unpaired) electrons. The van der Waals surface area contributed by atoms with Gasteiger partial charge in [0.15, 0.2) is 0 Å². The minimum absolute atomic E-state index is 0.212. The smallest absolute Gasteiger partial charge is 0.0408 e. The molecule has 1 nitrogen and oxygen atoms in total. The highest BCUT2D eigenvalue weighted by molar-refractivity contribution is 5.35. The molecular weight excluding hydrogens is 170 g/mol. The molecule has 1 atom stereocenters. The monoisotopic (exact) mass is 189 g/mol. The molecule has 1 heterocycles. The van der Waals surface area contributed by atoms with Crippen molar-refractivity contribution in [2.24, 2.45) is 0 Å². The summed E-state index contributed by atoms with van der Waals surface area (Å²) in [5.74, 6) is 0. The van der Waals surface area contributed by atoms with Crippen LogP contribution in [0.2, 0.25) is 0 Å². The summed E-state index contributed by atoms with van der Waals surface area (Å²) in [6.07, 6.45) is 3.64. The first-order chi connectivity index (χ1) is 6.76. The van der Waals surface area contributed by atoms with Crippen LogP contribution in [0.4, 0.5) is 0 Å². The van der Waals surface area contributed by atoms with E-state index in [-0.39, 0.29) is 5.54 Å². The number of hydrogen-bond acceptors (Lipinski definition) is 1. The van der Waals surface area contributed by atoms with Crippen LogP contribution in [-0.4, -0.2) is 6.54 Å². The van der Waals surface area contributed by atoms with Crippen LogP contribution in [0.3, 0.4) is 0 Å². The van der Waals surface area contributed by atoms with Crippen LogP contribution in [0.15, 0.2) is 24.3 Å². The van der Waals surface area contributed by atoms with Crippen LogP contribution >= 0.6 is 0 Å². The molecule has 1 unspecified atom stereocenters. The fourth-order valence-corrected chi connectivity index (χ4v) is 2.57. The van der Waals surface area contributed by atoms with E-state index < -0.39 is 0 Å². The third kappa shape index (κ3) is 1.57. The summed E-state index contributed by atoms with van der Waals surface area (Å²) in [4.78, 5) is 0. The molecule has 0 saturated carbocycles. The van der Waals surface area contributed by atoms with Gasteiger partial charge in [0.1, 0.15) is 0 Å². The van der Waals surface area contributed by atoms with E-state index in [0.29, 0.717) is 0 Å². The largest absolute Gasteiger partial charge is 0.307 e. The molecule has 1 aliphatic heterocycles. The van der Waals surface area contributed by atoms with E-state index in [1.54, 1.807) is 0 Å². The predicted octanol–water partition coefficient (Wildman–Crippen LogP) is 2.85. The molecule has 1 aromatic carbocycles. The van der Waals surface area contributed by atoms with E-state index in [9.17, 15) is 0 Å². The fourth-order valence-electron chi connectivity index (χ4n) is 2.57. The minimum atomic E-state index is 0.212. The molecule has 1 heteroatoms. The van der Waals surface area contributed by atoms with E-state index in [2.05, 4.69) is 43.4 Å². The van der Waals surface area contributed by atoms with Gasteiger partial charge in [-0.1, -0.05) is 37.6 Å². The Morgan fingerprint density at radius 1 is 1.36 bits per heavy atom. The first-order valence-corrected chi connectivity index (χ1v) is 5.60. The van der Waals surface area contributed by atoms with Gasteiger partial charge >= 0.3 is 0 Å². The molecule has 0 amide bonds. The number of fused-ring (bicyclic) bond motifs is 1. The Kier molecular flexibility index (Phi) is 2.60. The third-order valence-electron chi connectivity index (χ3n) is 3.27. The first-order valence-electron chi connectivity index (χ1n) is 5.60. The molecule has 0 spiro atoms. The Morgan fingerprint density at radius 3 is 2.93 bits per heavy atom. The summed E-state index contributed by atoms with van der Waals surface area (Å²) in [5.41, 5.74) is 3.25. The van der Waals surface area contributed by atoms with Crippen molar-refractivity contribution in [3.05, 3.63) is 35.4 Å². The number of benzene rings is 1. The van der Waals surface area contributed by atoms with Gasteiger partial charge in [-0.2, -0.15) is 0 Å². The lowest BCUT2D eigenvalue weighted by Crippen LogP contribution is -2.44. The summed E-state index contributed by atoms with van der Waals surface area (Å²) in [7, 11) is 0. The van der Waals surface area contributed by atoms with Crippen LogP contribution in [0.5, 0.6) is 0 Å². The highest BCUT2D eigenvalue weighted by atomic mass is 15.0. The molecule has 0 saturated heterocycles. The van der Waals surface area contributed by atoms with Crippen LogP contribution in [0.1, 0.15) is 37.8 Å². The van der Waals surface area contributed by atoms with Crippen LogP contribution in [0, 0.1) is 0 Å². The van der Waals surface area contributed by atoms with Gasteiger partial charge in [0.05, 0.1) is 0 Å². The molecule has 1 aliphatic rings. The van der Waals surface area contributed by atoms with Crippen molar-refractivity contribution in [2.75, 3.05) is 6.54 Å². The highest BCUT2D eigenvalue weighted by Crippen LogP contribution is 2.31. The van der Waals surface area contributed by atoms with Gasteiger partial charge in [-0.15, -0.1) is 0 Å². The van der Waals surface area contributed by atoms with Gasteiger partial charge in [0.25, 0.3) is 0 Å². The Bertz CT molecular complexity index is 319. The topological polar surface area (TPSA) is 12.0 Å². The molecule has 14 heavy (non-hydrogen) atoms. The van der Waals surface area contributed by atoms with Gasteiger partial charge in [0, 0.05) is 5.54 Å². The van der Waals surface area contributed by atoms with E-state index in [0.717, 1.165) is 6.54 Å². The van der Waals surface area contributed by atoms with Crippen molar-refractivity contribution < 1.29 is 0 Å². The van der Waals surface area contributed by atoms with E-state index in [4.69, 9.17) is 0 Å². The molecule has 1 aromatic rings. The molecule has 0 aliphatic carbocycles. The average Bonchev–Trinajstić information content (AvgIpc) is 2.19. The molecule has 1 N–H and O–H groups in total. The quantitative estimate of drug-likeness (QED) is 0.754. The van der Waals surface area contributed by atoms with E-state index in [1.165, 1.54) is 30.4 Å². The second-order valence-corrected chi connectivity index (χ2v) is 4.42. The second kappa shape index (κ2) is 3.74. The lowest BCUT2D eigenvalue weighted by atomic mass is 9.81. The Hall–Kier alpha value is -0.820. The summed E-state index contributed by atoms with van der Waals surface area (Å²) >= 11 is 0.